The first kappa shape index (κ1) is 11.5. The summed E-state index contributed by atoms with van der Waals surface area (Å²) in [6.45, 7) is 7.88. The molecular formula is C10H20N2O2. The summed E-state index contributed by atoms with van der Waals surface area (Å²) >= 11 is 0. The summed E-state index contributed by atoms with van der Waals surface area (Å²) in [5, 5.41) is 3.28. The van der Waals surface area contributed by atoms with Crippen molar-refractivity contribution in [3.63, 3.8) is 0 Å². The summed E-state index contributed by atoms with van der Waals surface area (Å²) in [5.74, 6) is 0.220. The normalized spacial score (nSPS) is 22.0. The van der Waals surface area contributed by atoms with Gasteiger partial charge in [-0.05, 0) is 13.8 Å². The third-order valence-electron chi connectivity index (χ3n) is 2.54. The number of morpholine rings is 1. The first-order valence-electron chi connectivity index (χ1n) is 5.36. The van der Waals surface area contributed by atoms with Crippen LogP contribution in [0.4, 0.5) is 0 Å². The van der Waals surface area contributed by atoms with Gasteiger partial charge in [-0.15, -0.1) is 0 Å². The van der Waals surface area contributed by atoms with Gasteiger partial charge in [0.15, 0.2) is 0 Å². The fourth-order valence-corrected chi connectivity index (χ4v) is 1.67. The Bertz CT molecular complexity index is 175. The van der Waals surface area contributed by atoms with Crippen LogP contribution in [-0.4, -0.2) is 49.7 Å². The molecule has 0 aromatic heterocycles. The van der Waals surface area contributed by atoms with Gasteiger partial charge in [0.1, 0.15) is 0 Å². The van der Waals surface area contributed by atoms with Crippen LogP contribution in [0, 0.1) is 0 Å². The first-order valence-corrected chi connectivity index (χ1v) is 5.36. The number of rotatable bonds is 4. The molecule has 0 spiro atoms. The molecule has 4 heteroatoms. The van der Waals surface area contributed by atoms with Crippen molar-refractivity contribution in [1.29, 1.82) is 0 Å². The molecule has 1 heterocycles. The molecule has 0 aromatic rings. The van der Waals surface area contributed by atoms with Crippen molar-refractivity contribution in [2.75, 3.05) is 32.8 Å². The second-order valence-corrected chi connectivity index (χ2v) is 3.50. The fraction of sp³-hybridized carbons (Fsp3) is 0.900. The molecule has 1 unspecified atom stereocenters. The monoisotopic (exact) mass is 200 g/mol. The number of amides is 1. The Morgan fingerprint density at radius 3 is 2.71 bits per heavy atom. The Balaban J connectivity index is 2.30. The molecule has 0 aliphatic carbocycles. The lowest BCUT2D eigenvalue weighted by Gasteiger charge is -2.26. The topological polar surface area (TPSA) is 41.6 Å². The van der Waals surface area contributed by atoms with Crippen molar-refractivity contribution in [1.82, 2.24) is 10.2 Å². The zero-order chi connectivity index (χ0) is 10.4. The lowest BCUT2D eigenvalue weighted by Crippen LogP contribution is -2.45. The SMILES string of the molecule is CCN(CC)C(=O)CC1COCCN1. The van der Waals surface area contributed by atoms with E-state index in [1.165, 1.54) is 0 Å². The van der Waals surface area contributed by atoms with Gasteiger partial charge < -0.3 is 15.0 Å². The fourth-order valence-electron chi connectivity index (χ4n) is 1.67. The van der Waals surface area contributed by atoms with E-state index in [-0.39, 0.29) is 11.9 Å². The number of ether oxygens (including phenoxy) is 1. The number of nitrogens with zero attached hydrogens (tertiary/aromatic N) is 1. The van der Waals surface area contributed by atoms with E-state index in [1.54, 1.807) is 0 Å². The van der Waals surface area contributed by atoms with Gasteiger partial charge in [0.2, 0.25) is 5.91 Å². The van der Waals surface area contributed by atoms with Crippen LogP contribution >= 0.6 is 0 Å². The van der Waals surface area contributed by atoms with E-state index in [1.807, 2.05) is 18.7 Å². The van der Waals surface area contributed by atoms with Crippen molar-refractivity contribution in [3.05, 3.63) is 0 Å². The van der Waals surface area contributed by atoms with Crippen LogP contribution in [0.3, 0.4) is 0 Å². The summed E-state index contributed by atoms with van der Waals surface area (Å²) in [7, 11) is 0. The molecule has 1 aliphatic rings. The van der Waals surface area contributed by atoms with Crippen molar-refractivity contribution in [2.24, 2.45) is 0 Å². The largest absolute Gasteiger partial charge is 0.378 e. The highest BCUT2D eigenvalue weighted by atomic mass is 16.5. The molecule has 0 radical (unpaired) electrons. The molecule has 1 aliphatic heterocycles. The Hall–Kier alpha value is -0.610. The van der Waals surface area contributed by atoms with E-state index in [4.69, 9.17) is 4.74 Å². The summed E-state index contributed by atoms with van der Waals surface area (Å²) in [5.41, 5.74) is 0. The van der Waals surface area contributed by atoms with E-state index in [0.29, 0.717) is 13.0 Å². The van der Waals surface area contributed by atoms with Crippen molar-refractivity contribution >= 4 is 5.91 Å². The van der Waals surface area contributed by atoms with Crippen LogP contribution in [0.5, 0.6) is 0 Å². The minimum atomic E-state index is 0.205. The maximum atomic E-state index is 11.7. The van der Waals surface area contributed by atoms with Crippen molar-refractivity contribution in [3.8, 4) is 0 Å². The van der Waals surface area contributed by atoms with E-state index >= 15 is 0 Å². The van der Waals surface area contributed by atoms with Crippen LogP contribution in [-0.2, 0) is 9.53 Å². The minimum Gasteiger partial charge on any atom is -0.378 e. The average molecular weight is 200 g/mol. The minimum absolute atomic E-state index is 0.205. The number of hydrogen-bond acceptors (Lipinski definition) is 3. The van der Waals surface area contributed by atoms with Crippen LogP contribution in [0.2, 0.25) is 0 Å². The Morgan fingerprint density at radius 1 is 1.50 bits per heavy atom. The molecule has 4 nitrogen and oxygen atoms in total. The summed E-state index contributed by atoms with van der Waals surface area (Å²) < 4.78 is 5.30. The molecule has 1 fully saturated rings. The van der Waals surface area contributed by atoms with Gasteiger partial charge in [0.05, 0.1) is 13.2 Å². The predicted molar refractivity (Wildman–Crippen MR) is 55.2 cm³/mol. The Kier molecular flexibility index (Phi) is 4.90. The maximum absolute atomic E-state index is 11.7. The lowest BCUT2D eigenvalue weighted by atomic mass is 10.2. The van der Waals surface area contributed by atoms with Gasteiger partial charge >= 0.3 is 0 Å². The molecule has 1 rings (SSSR count). The van der Waals surface area contributed by atoms with Gasteiger partial charge in [0, 0.05) is 32.1 Å². The zero-order valence-electron chi connectivity index (χ0n) is 9.08. The van der Waals surface area contributed by atoms with Crippen LogP contribution < -0.4 is 5.32 Å². The summed E-state index contributed by atoms with van der Waals surface area (Å²) in [6.07, 6.45) is 0.557. The standard InChI is InChI=1S/C10H20N2O2/c1-3-12(4-2)10(13)7-9-8-14-6-5-11-9/h9,11H,3-8H2,1-2H3. The molecule has 0 aromatic carbocycles. The zero-order valence-corrected chi connectivity index (χ0v) is 9.08. The van der Waals surface area contributed by atoms with E-state index < -0.39 is 0 Å². The van der Waals surface area contributed by atoms with Gasteiger partial charge in [-0.25, -0.2) is 0 Å². The van der Waals surface area contributed by atoms with Gasteiger partial charge in [-0.3, -0.25) is 4.79 Å². The second-order valence-electron chi connectivity index (χ2n) is 3.50. The third kappa shape index (κ3) is 3.27. The average Bonchev–Trinajstić information content (AvgIpc) is 2.21. The highest BCUT2D eigenvalue weighted by Gasteiger charge is 2.19. The highest BCUT2D eigenvalue weighted by molar-refractivity contribution is 5.76. The molecule has 14 heavy (non-hydrogen) atoms. The van der Waals surface area contributed by atoms with Crippen molar-refractivity contribution < 1.29 is 9.53 Å². The van der Waals surface area contributed by atoms with Crippen LogP contribution in [0.1, 0.15) is 20.3 Å². The Morgan fingerprint density at radius 2 is 2.21 bits per heavy atom. The van der Waals surface area contributed by atoms with Gasteiger partial charge in [-0.1, -0.05) is 0 Å². The Labute approximate surface area is 85.6 Å². The van der Waals surface area contributed by atoms with Gasteiger partial charge in [-0.2, -0.15) is 0 Å². The van der Waals surface area contributed by atoms with Crippen LogP contribution in [0.15, 0.2) is 0 Å². The number of carbonyl (C=O) groups is 1. The first-order chi connectivity index (χ1) is 6.77. The molecule has 1 saturated heterocycles. The molecule has 1 N–H and O–H groups in total. The quantitative estimate of drug-likeness (QED) is 0.706. The van der Waals surface area contributed by atoms with Crippen LogP contribution in [0.25, 0.3) is 0 Å². The smallest absolute Gasteiger partial charge is 0.224 e. The lowest BCUT2D eigenvalue weighted by molar-refractivity contribution is -0.132. The summed E-state index contributed by atoms with van der Waals surface area (Å²) in [4.78, 5) is 13.6. The molecule has 0 bridgehead atoms. The van der Waals surface area contributed by atoms with Gasteiger partial charge in [0.25, 0.3) is 0 Å². The van der Waals surface area contributed by atoms with E-state index in [2.05, 4.69) is 5.32 Å². The second kappa shape index (κ2) is 5.98. The number of carbonyl (C=O) groups excluding carboxylic acids is 1. The summed E-state index contributed by atoms with van der Waals surface area (Å²) in [6, 6.07) is 0.205. The molecule has 82 valence electrons. The number of nitrogens with one attached hydrogen (secondary N) is 1. The highest BCUT2D eigenvalue weighted by Crippen LogP contribution is 2.02. The molecule has 0 saturated carbocycles. The molecule has 1 atom stereocenters. The van der Waals surface area contributed by atoms with Crippen molar-refractivity contribution in [2.45, 2.75) is 26.3 Å². The van der Waals surface area contributed by atoms with E-state index in [0.717, 1.165) is 26.2 Å². The van der Waals surface area contributed by atoms with E-state index in [9.17, 15) is 4.79 Å². The number of hydrogen-bond donors (Lipinski definition) is 1. The third-order valence-corrected chi connectivity index (χ3v) is 2.54. The molecule has 1 amide bonds. The predicted octanol–water partition coefficient (Wildman–Crippen LogP) is 0.233. The molecular weight excluding hydrogens is 180 g/mol. The maximum Gasteiger partial charge on any atom is 0.224 e.